The van der Waals surface area contributed by atoms with Crippen LogP contribution in [0.2, 0.25) is 0 Å². The van der Waals surface area contributed by atoms with Crippen molar-refractivity contribution in [3.63, 3.8) is 0 Å². The van der Waals surface area contributed by atoms with Crippen molar-refractivity contribution in [3.05, 3.63) is 58.4 Å². The summed E-state index contributed by atoms with van der Waals surface area (Å²) in [4.78, 5) is 16.6. The third-order valence-corrected chi connectivity index (χ3v) is 4.84. The normalized spacial score (nSPS) is 16.3. The number of hydrogen-bond acceptors (Lipinski definition) is 6. The zero-order chi connectivity index (χ0) is 17.9. The predicted molar refractivity (Wildman–Crippen MR) is 97.9 cm³/mol. The topological polar surface area (TPSA) is 71.6 Å². The molecule has 0 N–H and O–H groups in total. The van der Waals surface area contributed by atoms with Crippen LogP contribution in [0, 0.1) is 6.92 Å². The van der Waals surface area contributed by atoms with Crippen LogP contribution < -0.4 is 5.56 Å². The van der Waals surface area contributed by atoms with Crippen LogP contribution >= 0.6 is 0 Å². The molecular formula is C18H23N7O. The second kappa shape index (κ2) is 7.35. The van der Waals surface area contributed by atoms with Gasteiger partial charge in [0.25, 0.3) is 5.56 Å². The highest BCUT2D eigenvalue weighted by molar-refractivity contribution is 5.36. The van der Waals surface area contributed by atoms with Gasteiger partial charge in [-0.15, -0.1) is 10.2 Å². The Morgan fingerprint density at radius 2 is 1.77 bits per heavy atom. The van der Waals surface area contributed by atoms with Crippen molar-refractivity contribution in [1.82, 2.24) is 34.2 Å². The fraction of sp³-hybridized carbons (Fsp3) is 0.444. The summed E-state index contributed by atoms with van der Waals surface area (Å²) in [5, 5.41) is 12.8. The summed E-state index contributed by atoms with van der Waals surface area (Å²) < 4.78 is 3.60. The van der Waals surface area contributed by atoms with Crippen molar-refractivity contribution in [1.29, 1.82) is 0 Å². The van der Waals surface area contributed by atoms with Crippen molar-refractivity contribution in [2.24, 2.45) is 0 Å². The second-order valence-corrected chi connectivity index (χ2v) is 6.70. The Morgan fingerprint density at radius 1 is 0.962 bits per heavy atom. The van der Waals surface area contributed by atoms with Crippen LogP contribution in [0.25, 0.3) is 5.65 Å². The summed E-state index contributed by atoms with van der Waals surface area (Å²) >= 11 is 0. The smallest absolute Gasteiger partial charge is 0.266 e. The summed E-state index contributed by atoms with van der Waals surface area (Å²) in [6.07, 6.45) is 2.01. The lowest BCUT2D eigenvalue weighted by Crippen LogP contribution is -2.47. The Balaban J connectivity index is 1.30. The molecule has 4 heterocycles. The van der Waals surface area contributed by atoms with E-state index in [2.05, 4.69) is 25.1 Å². The summed E-state index contributed by atoms with van der Waals surface area (Å²) in [5.41, 5.74) is 1.72. The van der Waals surface area contributed by atoms with Gasteiger partial charge in [0.2, 0.25) is 0 Å². The van der Waals surface area contributed by atoms with E-state index < -0.39 is 0 Å². The standard InChI is InChI=1S/C18H23N7O/c1-15-5-6-18(26)25(21-15)13-12-22-8-10-23(11-9-22)14-17-20-19-16-4-2-3-7-24(16)17/h2-7H,8-14H2,1H3. The molecular weight excluding hydrogens is 330 g/mol. The lowest BCUT2D eigenvalue weighted by atomic mass is 10.3. The quantitative estimate of drug-likeness (QED) is 0.662. The molecule has 8 nitrogen and oxygen atoms in total. The van der Waals surface area contributed by atoms with E-state index in [0.717, 1.165) is 56.4 Å². The average Bonchev–Trinajstić information content (AvgIpc) is 3.07. The van der Waals surface area contributed by atoms with E-state index in [1.807, 2.05) is 35.7 Å². The van der Waals surface area contributed by atoms with Crippen LogP contribution in [0.15, 0.2) is 41.3 Å². The Morgan fingerprint density at radius 3 is 2.62 bits per heavy atom. The van der Waals surface area contributed by atoms with Crippen molar-refractivity contribution in [2.75, 3.05) is 32.7 Å². The number of hydrogen-bond donors (Lipinski definition) is 0. The molecule has 1 aliphatic heterocycles. The Bertz CT molecular complexity index is 940. The van der Waals surface area contributed by atoms with Gasteiger partial charge in [0.15, 0.2) is 11.5 Å². The molecule has 0 aliphatic carbocycles. The van der Waals surface area contributed by atoms with Crippen molar-refractivity contribution < 1.29 is 0 Å². The number of pyridine rings is 1. The monoisotopic (exact) mass is 353 g/mol. The minimum atomic E-state index is -0.0343. The van der Waals surface area contributed by atoms with Crippen LogP contribution in [-0.4, -0.2) is 66.9 Å². The molecule has 1 fully saturated rings. The largest absolute Gasteiger partial charge is 0.299 e. The highest BCUT2D eigenvalue weighted by atomic mass is 16.1. The van der Waals surface area contributed by atoms with Crippen LogP contribution in [0.5, 0.6) is 0 Å². The number of nitrogens with zero attached hydrogens (tertiary/aromatic N) is 7. The molecule has 0 unspecified atom stereocenters. The molecule has 136 valence electrons. The number of piperazine rings is 1. The highest BCUT2D eigenvalue weighted by Crippen LogP contribution is 2.09. The zero-order valence-corrected chi connectivity index (χ0v) is 15.0. The maximum absolute atomic E-state index is 11.8. The summed E-state index contributed by atoms with van der Waals surface area (Å²) in [6.45, 7) is 8.12. The van der Waals surface area contributed by atoms with E-state index >= 15 is 0 Å². The molecule has 3 aromatic rings. The molecule has 4 rings (SSSR count). The van der Waals surface area contributed by atoms with Gasteiger partial charge in [0.05, 0.1) is 18.8 Å². The van der Waals surface area contributed by atoms with E-state index in [-0.39, 0.29) is 5.56 Å². The maximum atomic E-state index is 11.8. The Kier molecular flexibility index (Phi) is 4.77. The van der Waals surface area contributed by atoms with Gasteiger partial charge in [-0.05, 0) is 25.1 Å². The maximum Gasteiger partial charge on any atom is 0.266 e. The molecule has 0 bridgehead atoms. The van der Waals surface area contributed by atoms with E-state index in [1.54, 1.807) is 16.8 Å². The minimum absolute atomic E-state index is 0.0343. The van der Waals surface area contributed by atoms with Crippen LogP contribution in [0.1, 0.15) is 11.5 Å². The molecule has 0 spiro atoms. The summed E-state index contributed by atoms with van der Waals surface area (Å²) in [6, 6.07) is 9.28. The average molecular weight is 353 g/mol. The molecule has 26 heavy (non-hydrogen) atoms. The fourth-order valence-electron chi connectivity index (χ4n) is 3.32. The number of aromatic nitrogens is 5. The summed E-state index contributed by atoms with van der Waals surface area (Å²) in [5.74, 6) is 0.976. The first-order valence-corrected chi connectivity index (χ1v) is 8.97. The Labute approximate surface area is 151 Å². The zero-order valence-electron chi connectivity index (χ0n) is 15.0. The molecule has 0 amide bonds. The highest BCUT2D eigenvalue weighted by Gasteiger charge is 2.18. The van der Waals surface area contributed by atoms with Gasteiger partial charge >= 0.3 is 0 Å². The van der Waals surface area contributed by atoms with E-state index in [9.17, 15) is 4.79 Å². The lowest BCUT2D eigenvalue weighted by Gasteiger charge is -2.34. The molecule has 3 aromatic heterocycles. The summed E-state index contributed by atoms with van der Waals surface area (Å²) in [7, 11) is 0. The van der Waals surface area contributed by atoms with Gasteiger partial charge in [-0.3, -0.25) is 19.0 Å². The molecule has 1 aliphatic rings. The van der Waals surface area contributed by atoms with Gasteiger partial charge in [0.1, 0.15) is 0 Å². The SMILES string of the molecule is Cc1ccc(=O)n(CCN2CCN(Cc3nnc4ccccn34)CC2)n1. The van der Waals surface area contributed by atoms with Crippen LogP contribution in [0.4, 0.5) is 0 Å². The number of rotatable bonds is 5. The lowest BCUT2D eigenvalue weighted by molar-refractivity contribution is 0.120. The number of aryl methyl sites for hydroxylation is 1. The van der Waals surface area contributed by atoms with E-state index in [1.165, 1.54) is 0 Å². The predicted octanol–water partition coefficient (Wildman–Crippen LogP) is 0.412. The van der Waals surface area contributed by atoms with E-state index in [0.29, 0.717) is 6.54 Å². The third-order valence-electron chi connectivity index (χ3n) is 4.84. The van der Waals surface area contributed by atoms with Crippen molar-refractivity contribution >= 4 is 5.65 Å². The van der Waals surface area contributed by atoms with Crippen molar-refractivity contribution in [2.45, 2.75) is 20.0 Å². The second-order valence-electron chi connectivity index (χ2n) is 6.70. The van der Waals surface area contributed by atoms with Gasteiger partial charge < -0.3 is 0 Å². The van der Waals surface area contributed by atoms with Gasteiger partial charge in [0, 0.05) is 45.0 Å². The van der Waals surface area contributed by atoms with Gasteiger partial charge in [-0.1, -0.05) is 6.07 Å². The first kappa shape index (κ1) is 16.9. The first-order chi connectivity index (χ1) is 12.7. The van der Waals surface area contributed by atoms with E-state index in [4.69, 9.17) is 0 Å². The molecule has 0 saturated carbocycles. The Hall–Kier alpha value is -2.58. The third kappa shape index (κ3) is 3.66. The first-order valence-electron chi connectivity index (χ1n) is 8.97. The van der Waals surface area contributed by atoms with Gasteiger partial charge in [-0.25, -0.2) is 4.68 Å². The minimum Gasteiger partial charge on any atom is -0.299 e. The van der Waals surface area contributed by atoms with Gasteiger partial charge in [-0.2, -0.15) is 5.10 Å². The number of fused-ring (bicyclic) bond motifs is 1. The van der Waals surface area contributed by atoms with Crippen molar-refractivity contribution in [3.8, 4) is 0 Å². The molecule has 8 heteroatoms. The molecule has 0 atom stereocenters. The molecule has 1 saturated heterocycles. The molecule has 0 radical (unpaired) electrons. The van der Waals surface area contributed by atoms with Crippen LogP contribution in [0.3, 0.4) is 0 Å². The molecule has 0 aromatic carbocycles. The van der Waals surface area contributed by atoms with Crippen LogP contribution in [-0.2, 0) is 13.1 Å². The fourth-order valence-corrected chi connectivity index (χ4v) is 3.32.